The van der Waals surface area contributed by atoms with Gasteiger partial charge in [0.2, 0.25) is 17.6 Å². The minimum Gasteiger partial charge on any atom is -0.339 e. The van der Waals surface area contributed by atoms with E-state index in [2.05, 4.69) is 20.6 Å². The lowest BCUT2D eigenvalue weighted by molar-refractivity contribution is -0.384. The van der Waals surface area contributed by atoms with E-state index in [4.69, 9.17) is 16.1 Å². The van der Waals surface area contributed by atoms with Gasteiger partial charge in [-0.25, -0.2) is 4.68 Å². The van der Waals surface area contributed by atoms with Crippen LogP contribution in [0.4, 0.5) is 11.5 Å². The summed E-state index contributed by atoms with van der Waals surface area (Å²) in [4.78, 5) is 27.2. The van der Waals surface area contributed by atoms with E-state index in [9.17, 15) is 14.9 Å². The molecule has 2 heterocycles. The van der Waals surface area contributed by atoms with E-state index in [0.29, 0.717) is 33.9 Å². The number of carbonyl (C=O) groups excluding carboxylic acids is 1. The standard InChI is InChI=1S/C21H17ClN6O4/c1-13-12-18(27(25-13)16-6-8-17(9-7-16)28(30)31)23-19(29)10-11-20-24-21(26-32-20)14-2-4-15(22)5-3-14/h2-9,12H,10-11H2,1H3,(H,23,29). The predicted molar refractivity (Wildman–Crippen MR) is 117 cm³/mol. The van der Waals surface area contributed by atoms with Crippen molar-refractivity contribution in [1.82, 2.24) is 19.9 Å². The van der Waals surface area contributed by atoms with E-state index in [1.807, 2.05) is 0 Å². The second kappa shape index (κ2) is 8.98. The minimum absolute atomic E-state index is 0.0271. The molecule has 0 unspecified atom stereocenters. The molecule has 0 aliphatic heterocycles. The maximum atomic E-state index is 12.5. The largest absolute Gasteiger partial charge is 0.339 e. The van der Waals surface area contributed by atoms with Crippen molar-refractivity contribution < 1.29 is 14.2 Å². The molecule has 11 heteroatoms. The number of aromatic nitrogens is 4. The highest BCUT2D eigenvalue weighted by Gasteiger charge is 2.15. The molecule has 0 atom stereocenters. The Balaban J connectivity index is 1.41. The quantitative estimate of drug-likeness (QED) is 0.325. The van der Waals surface area contributed by atoms with Crippen molar-refractivity contribution in [1.29, 1.82) is 0 Å². The molecule has 2 aromatic heterocycles. The van der Waals surface area contributed by atoms with Crippen molar-refractivity contribution in [3.8, 4) is 17.1 Å². The van der Waals surface area contributed by atoms with Crippen LogP contribution in [0.2, 0.25) is 5.02 Å². The summed E-state index contributed by atoms with van der Waals surface area (Å²) in [6.07, 6.45) is 0.379. The smallest absolute Gasteiger partial charge is 0.269 e. The van der Waals surface area contributed by atoms with Crippen LogP contribution in [0.25, 0.3) is 17.1 Å². The molecule has 0 saturated heterocycles. The van der Waals surface area contributed by atoms with Crippen LogP contribution in [0.1, 0.15) is 18.0 Å². The summed E-state index contributed by atoms with van der Waals surface area (Å²) in [6, 6.07) is 14.6. The Morgan fingerprint density at radius 3 is 2.59 bits per heavy atom. The lowest BCUT2D eigenvalue weighted by Gasteiger charge is -2.08. The van der Waals surface area contributed by atoms with Gasteiger partial charge >= 0.3 is 0 Å². The Bertz CT molecular complexity index is 1260. The lowest BCUT2D eigenvalue weighted by Crippen LogP contribution is -2.15. The van der Waals surface area contributed by atoms with Crippen LogP contribution in [0.3, 0.4) is 0 Å². The first-order valence-corrected chi connectivity index (χ1v) is 9.97. The zero-order valence-electron chi connectivity index (χ0n) is 16.9. The first-order chi connectivity index (χ1) is 15.4. The number of carbonyl (C=O) groups is 1. The van der Waals surface area contributed by atoms with Gasteiger partial charge in [-0.2, -0.15) is 10.1 Å². The fourth-order valence-electron chi connectivity index (χ4n) is 3.00. The Kier molecular flexibility index (Phi) is 5.95. The van der Waals surface area contributed by atoms with Crippen molar-refractivity contribution in [3.05, 3.63) is 81.3 Å². The molecule has 1 N–H and O–H groups in total. The molecule has 0 radical (unpaired) electrons. The fourth-order valence-corrected chi connectivity index (χ4v) is 3.13. The topological polar surface area (TPSA) is 129 Å². The van der Waals surface area contributed by atoms with Gasteiger partial charge in [0, 0.05) is 41.6 Å². The molecule has 32 heavy (non-hydrogen) atoms. The molecule has 0 bridgehead atoms. The Morgan fingerprint density at radius 1 is 1.19 bits per heavy atom. The second-order valence-corrected chi connectivity index (χ2v) is 7.36. The molecule has 0 aliphatic rings. The van der Waals surface area contributed by atoms with Crippen LogP contribution in [0, 0.1) is 17.0 Å². The van der Waals surface area contributed by atoms with Gasteiger partial charge in [-0.05, 0) is 43.3 Å². The number of nitro benzene ring substituents is 1. The lowest BCUT2D eigenvalue weighted by atomic mass is 10.2. The molecule has 1 amide bonds. The number of nitro groups is 1. The molecule has 4 rings (SSSR count). The maximum absolute atomic E-state index is 12.5. The van der Waals surface area contributed by atoms with Crippen LogP contribution >= 0.6 is 11.6 Å². The fraction of sp³-hybridized carbons (Fsp3) is 0.143. The Hall–Kier alpha value is -4.05. The van der Waals surface area contributed by atoms with Crippen molar-refractivity contribution in [2.24, 2.45) is 0 Å². The van der Waals surface area contributed by atoms with Crippen LogP contribution in [0.5, 0.6) is 0 Å². The van der Waals surface area contributed by atoms with Crippen LogP contribution in [-0.4, -0.2) is 30.8 Å². The highest BCUT2D eigenvalue weighted by molar-refractivity contribution is 6.30. The minimum atomic E-state index is -0.476. The Morgan fingerprint density at radius 2 is 1.91 bits per heavy atom. The zero-order chi connectivity index (χ0) is 22.7. The number of halogens is 1. The van der Waals surface area contributed by atoms with E-state index in [1.165, 1.54) is 16.8 Å². The van der Waals surface area contributed by atoms with E-state index >= 15 is 0 Å². The number of amides is 1. The number of nitrogens with one attached hydrogen (secondary N) is 1. The molecule has 162 valence electrons. The van der Waals surface area contributed by atoms with Gasteiger partial charge in [-0.3, -0.25) is 14.9 Å². The highest BCUT2D eigenvalue weighted by Crippen LogP contribution is 2.21. The average molecular weight is 453 g/mol. The number of aryl methyl sites for hydroxylation is 2. The predicted octanol–water partition coefficient (Wildman–Crippen LogP) is 4.36. The number of rotatable bonds is 7. The molecular weight excluding hydrogens is 436 g/mol. The van der Waals surface area contributed by atoms with Crippen molar-refractivity contribution >= 4 is 29.0 Å². The molecule has 0 spiro atoms. The van der Waals surface area contributed by atoms with Crippen LogP contribution in [-0.2, 0) is 11.2 Å². The number of benzene rings is 2. The van der Waals surface area contributed by atoms with Gasteiger partial charge in [-0.1, -0.05) is 16.8 Å². The number of hydrogen-bond acceptors (Lipinski definition) is 7. The van der Waals surface area contributed by atoms with Gasteiger partial charge in [0.05, 0.1) is 16.3 Å². The van der Waals surface area contributed by atoms with E-state index in [-0.39, 0.29) is 24.4 Å². The monoisotopic (exact) mass is 452 g/mol. The van der Waals surface area contributed by atoms with Crippen LogP contribution in [0.15, 0.2) is 59.1 Å². The number of anilines is 1. The molecule has 0 aliphatic carbocycles. The average Bonchev–Trinajstić information content (AvgIpc) is 3.39. The SMILES string of the molecule is Cc1cc(NC(=O)CCc2nc(-c3ccc(Cl)cc3)no2)n(-c2ccc([N+](=O)[O-])cc2)n1. The third-order valence-corrected chi connectivity index (χ3v) is 4.79. The summed E-state index contributed by atoms with van der Waals surface area (Å²) in [5, 5.41) is 22.6. The van der Waals surface area contributed by atoms with Crippen LogP contribution < -0.4 is 5.32 Å². The van der Waals surface area contributed by atoms with Gasteiger partial charge in [0.1, 0.15) is 5.82 Å². The van der Waals surface area contributed by atoms with Gasteiger partial charge in [0.15, 0.2) is 0 Å². The normalized spacial score (nSPS) is 10.8. The molecule has 4 aromatic rings. The Labute approximate surface area is 187 Å². The van der Waals surface area contributed by atoms with Crippen molar-refractivity contribution in [2.75, 3.05) is 5.32 Å². The molecule has 2 aromatic carbocycles. The first kappa shape index (κ1) is 21.2. The maximum Gasteiger partial charge on any atom is 0.269 e. The summed E-state index contributed by atoms with van der Waals surface area (Å²) >= 11 is 5.88. The van der Waals surface area contributed by atoms with E-state index in [1.54, 1.807) is 49.4 Å². The first-order valence-electron chi connectivity index (χ1n) is 9.59. The van der Waals surface area contributed by atoms with E-state index < -0.39 is 4.92 Å². The number of hydrogen-bond donors (Lipinski definition) is 1. The summed E-state index contributed by atoms with van der Waals surface area (Å²) in [5.41, 5.74) is 2.00. The summed E-state index contributed by atoms with van der Waals surface area (Å²) < 4.78 is 6.75. The zero-order valence-corrected chi connectivity index (χ0v) is 17.6. The van der Waals surface area contributed by atoms with Gasteiger partial charge in [-0.15, -0.1) is 0 Å². The van der Waals surface area contributed by atoms with Crippen molar-refractivity contribution in [3.63, 3.8) is 0 Å². The summed E-state index contributed by atoms with van der Waals surface area (Å²) in [7, 11) is 0. The summed E-state index contributed by atoms with van der Waals surface area (Å²) in [6.45, 7) is 1.79. The third-order valence-electron chi connectivity index (χ3n) is 4.54. The molecule has 0 saturated carbocycles. The highest BCUT2D eigenvalue weighted by atomic mass is 35.5. The van der Waals surface area contributed by atoms with E-state index in [0.717, 1.165) is 5.56 Å². The number of nitrogens with zero attached hydrogens (tertiary/aromatic N) is 5. The van der Waals surface area contributed by atoms with Gasteiger partial charge in [0.25, 0.3) is 5.69 Å². The molecule has 0 fully saturated rings. The van der Waals surface area contributed by atoms with Gasteiger partial charge < -0.3 is 9.84 Å². The molecule has 10 nitrogen and oxygen atoms in total. The third kappa shape index (κ3) is 4.81. The summed E-state index contributed by atoms with van der Waals surface area (Å²) in [5.74, 6) is 0.946. The molecular formula is C21H17ClN6O4. The number of non-ortho nitro benzene ring substituents is 1. The van der Waals surface area contributed by atoms with Crippen molar-refractivity contribution in [2.45, 2.75) is 19.8 Å². The second-order valence-electron chi connectivity index (χ2n) is 6.92.